The number of hydrogen-bond acceptors (Lipinski definition) is 3. The molecule has 1 N–H and O–H groups in total. The third kappa shape index (κ3) is 5.22. The van der Waals surface area contributed by atoms with Gasteiger partial charge in [0.2, 0.25) is 10.0 Å². The molecular weight excluding hydrogens is 369 g/mol. The molecule has 0 aliphatic rings. The molecule has 0 aromatic heterocycles. The number of alkyl halides is 3. The summed E-state index contributed by atoms with van der Waals surface area (Å²) in [6.45, 7) is -0.238. The van der Waals surface area contributed by atoms with Crippen LogP contribution >= 0.6 is 0 Å². The van der Waals surface area contributed by atoms with Gasteiger partial charge < -0.3 is 4.90 Å². The predicted octanol–water partition coefficient (Wildman–Crippen LogP) is 3.35. The zero-order valence-electron chi connectivity index (χ0n) is 14.0. The van der Waals surface area contributed by atoms with Crippen molar-refractivity contribution in [2.75, 3.05) is 18.0 Å². The molecule has 0 unspecified atom stereocenters. The highest BCUT2D eigenvalue weighted by molar-refractivity contribution is 7.92. The molecule has 0 bridgehead atoms. The van der Waals surface area contributed by atoms with Crippen molar-refractivity contribution in [1.82, 2.24) is 4.90 Å². The number of hydrogen-bond donors (Lipinski definition) is 1. The number of sulfonamides is 1. The first-order chi connectivity index (χ1) is 12.0. The van der Waals surface area contributed by atoms with E-state index in [1.807, 2.05) is 0 Å². The van der Waals surface area contributed by atoms with E-state index >= 15 is 0 Å². The topological polar surface area (TPSA) is 66.5 Å². The second-order valence-corrected chi connectivity index (χ2v) is 7.52. The van der Waals surface area contributed by atoms with Crippen LogP contribution < -0.4 is 4.72 Å². The average molecular weight is 386 g/mol. The average Bonchev–Trinajstić information content (AvgIpc) is 2.52. The summed E-state index contributed by atoms with van der Waals surface area (Å²) in [5.74, 6) is -0.529. The highest BCUT2D eigenvalue weighted by Gasteiger charge is 2.33. The molecule has 0 heterocycles. The Morgan fingerprint density at radius 1 is 1.12 bits per heavy atom. The van der Waals surface area contributed by atoms with Crippen LogP contribution in [0.5, 0.6) is 0 Å². The molecule has 0 aliphatic heterocycles. The van der Waals surface area contributed by atoms with E-state index < -0.39 is 27.7 Å². The van der Waals surface area contributed by atoms with Crippen LogP contribution in [0.1, 0.15) is 21.5 Å². The van der Waals surface area contributed by atoms with Gasteiger partial charge in [0.1, 0.15) is 0 Å². The lowest BCUT2D eigenvalue weighted by atomic mass is 10.1. The van der Waals surface area contributed by atoms with Gasteiger partial charge in [-0.25, -0.2) is 8.42 Å². The monoisotopic (exact) mass is 386 g/mol. The normalized spacial score (nSPS) is 11.9. The summed E-state index contributed by atoms with van der Waals surface area (Å²) in [6.07, 6.45) is -3.54. The number of carbonyl (C=O) groups is 1. The molecular formula is C17H17F3N2O3S. The number of amides is 1. The van der Waals surface area contributed by atoms with E-state index in [1.165, 1.54) is 49.5 Å². The quantitative estimate of drug-likeness (QED) is 0.857. The van der Waals surface area contributed by atoms with Crippen molar-refractivity contribution < 1.29 is 26.4 Å². The predicted molar refractivity (Wildman–Crippen MR) is 92.2 cm³/mol. The Bertz CT molecular complexity index is 911. The van der Waals surface area contributed by atoms with Crippen molar-refractivity contribution >= 4 is 21.6 Å². The summed E-state index contributed by atoms with van der Waals surface area (Å²) in [4.78, 5) is 13.6. The summed E-state index contributed by atoms with van der Waals surface area (Å²) in [5.41, 5.74) is -0.471. The van der Waals surface area contributed by atoms with Gasteiger partial charge in [0, 0.05) is 24.8 Å². The van der Waals surface area contributed by atoms with Crippen molar-refractivity contribution in [3.8, 4) is 0 Å². The van der Waals surface area contributed by atoms with Crippen molar-refractivity contribution in [2.45, 2.75) is 12.7 Å². The van der Waals surface area contributed by atoms with Crippen LogP contribution in [0, 0.1) is 0 Å². The number of rotatable bonds is 5. The third-order valence-electron chi connectivity index (χ3n) is 3.49. The van der Waals surface area contributed by atoms with Gasteiger partial charge >= 0.3 is 6.18 Å². The fraction of sp³-hybridized carbons (Fsp3) is 0.235. The molecule has 9 heteroatoms. The smallest absolute Gasteiger partial charge is 0.337 e. The van der Waals surface area contributed by atoms with E-state index in [0.717, 1.165) is 17.2 Å². The largest absolute Gasteiger partial charge is 0.416 e. The number of benzene rings is 2. The van der Waals surface area contributed by atoms with Crippen LogP contribution in [-0.4, -0.2) is 32.5 Å². The van der Waals surface area contributed by atoms with E-state index in [0.29, 0.717) is 0 Å². The summed E-state index contributed by atoms with van der Waals surface area (Å²) >= 11 is 0. The van der Waals surface area contributed by atoms with Crippen molar-refractivity contribution in [3.05, 3.63) is 65.2 Å². The van der Waals surface area contributed by atoms with Crippen molar-refractivity contribution in [2.24, 2.45) is 0 Å². The minimum absolute atomic E-state index is 0.0266. The zero-order chi connectivity index (χ0) is 19.5. The van der Waals surface area contributed by atoms with Crippen LogP contribution in [0.3, 0.4) is 0 Å². The lowest BCUT2D eigenvalue weighted by Crippen LogP contribution is -2.27. The maximum atomic E-state index is 13.1. The molecule has 0 fully saturated rings. The molecule has 26 heavy (non-hydrogen) atoms. The van der Waals surface area contributed by atoms with E-state index in [9.17, 15) is 26.4 Å². The SMILES string of the molecule is CN(Cc1ccccc1C(F)(F)F)C(=O)c1cccc(NS(C)(=O)=O)c1. The lowest BCUT2D eigenvalue weighted by molar-refractivity contribution is -0.138. The van der Waals surface area contributed by atoms with Gasteiger partial charge in [-0.3, -0.25) is 9.52 Å². The molecule has 2 aromatic rings. The maximum Gasteiger partial charge on any atom is 0.416 e. The van der Waals surface area contributed by atoms with Gasteiger partial charge in [0.05, 0.1) is 11.8 Å². The van der Waals surface area contributed by atoms with Gasteiger partial charge in [-0.15, -0.1) is 0 Å². The first-order valence-electron chi connectivity index (χ1n) is 7.46. The van der Waals surface area contributed by atoms with Crippen LogP contribution in [0.15, 0.2) is 48.5 Å². The Morgan fingerprint density at radius 3 is 2.38 bits per heavy atom. The number of carbonyl (C=O) groups excluding carboxylic acids is 1. The standard InChI is InChI=1S/C17H17F3N2O3S/c1-22(11-13-6-3-4-9-15(13)17(18,19)20)16(23)12-7-5-8-14(10-12)21-26(2,24)25/h3-10,21H,11H2,1-2H3. The van der Waals surface area contributed by atoms with Gasteiger partial charge in [-0.1, -0.05) is 24.3 Å². The maximum absolute atomic E-state index is 13.1. The Hall–Kier alpha value is -2.55. The van der Waals surface area contributed by atoms with E-state index in [1.54, 1.807) is 0 Å². The molecule has 5 nitrogen and oxygen atoms in total. The van der Waals surface area contributed by atoms with Gasteiger partial charge in [-0.2, -0.15) is 13.2 Å². The summed E-state index contributed by atoms with van der Waals surface area (Å²) in [6, 6.07) is 10.8. The van der Waals surface area contributed by atoms with Gasteiger partial charge in [-0.05, 0) is 29.8 Å². The molecule has 0 saturated carbocycles. The summed E-state index contributed by atoms with van der Waals surface area (Å²) < 4.78 is 64.0. The molecule has 2 rings (SSSR count). The van der Waals surface area contributed by atoms with E-state index in [4.69, 9.17) is 0 Å². The molecule has 1 amide bonds. The minimum atomic E-state index is -4.51. The molecule has 0 spiro atoms. The first kappa shape index (κ1) is 19.8. The van der Waals surface area contributed by atoms with Gasteiger partial charge in [0.25, 0.3) is 5.91 Å². The van der Waals surface area contributed by atoms with Crippen molar-refractivity contribution in [1.29, 1.82) is 0 Å². The Kier molecular flexibility index (Phi) is 5.60. The first-order valence-corrected chi connectivity index (χ1v) is 9.35. The van der Waals surface area contributed by atoms with E-state index in [-0.39, 0.29) is 23.4 Å². The van der Waals surface area contributed by atoms with E-state index in [2.05, 4.69) is 4.72 Å². The second-order valence-electron chi connectivity index (χ2n) is 5.77. The summed E-state index contributed by atoms with van der Waals surface area (Å²) in [7, 11) is -2.13. The van der Waals surface area contributed by atoms with Crippen LogP contribution in [0.25, 0.3) is 0 Å². The second kappa shape index (κ2) is 7.36. The summed E-state index contributed by atoms with van der Waals surface area (Å²) in [5, 5.41) is 0. The highest BCUT2D eigenvalue weighted by atomic mass is 32.2. The third-order valence-corrected chi connectivity index (χ3v) is 4.10. The molecule has 0 radical (unpaired) electrons. The van der Waals surface area contributed by atoms with Gasteiger partial charge in [0.15, 0.2) is 0 Å². The fourth-order valence-corrected chi connectivity index (χ4v) is 2.97. The lowest BCUT2D eigenvalue weighted by Gasteiger charge is -2.20. The minimum Gasteiger partial charge on any atom is -0.337 e. The molecule has 140 valence electrons. The van der Waals surface area contributed by atoms with Crippen LogP contribution in [-0.2, 0) is 22.7 Å². The number of nitrogens with one attached hydrogen (secondary N) is 1. The Morgan fingerprint density at radius 2 is 1.77 bits per heavy atom. The Labute approximate surface area is 149 Å². The molecule has 0 aliphatic carbocycles. The van der Waals surface area contributed by atoms with Crippen molar-refractivity contribution in [3.63, 3.8) is 0 Å². The molecule has 0 atom stereocenters. The number of nitrogens with zero attached hydrogens (tertiary/aromatic N) is 1. The molecule has 0 saturated heterocycles. The van der Waals surface area contributed by atoms with Crippen LogP contribution in [0.4, 0.5) is 18.9 Å². The highest BCUT2D eigenvalue weighted by Crippen LogP contribution is 2.32. The fourth-order valence-electron chi connectivity index (χ4n) is 2.41. The number of anilines is 1. The Balaban J connectivity index is 2.23. The van der Waals surface area contributed by atoms with Crippen LogP contribution in [0.2, 0.25) is 0 Å². The zero-order valence-corrected chi connectivity index (χ0v) is 14.9. The molecule has 2 aromatic carbocycles. The number of halogens is 3.